The van der Waals surface area contributed by atoms with Gasteiger partial charge in [-0.05, 0) is 86.0 Å². The number of pyridine rings is 1. The molecule has 0 spiro atoms. The molecule has 7 heterocycles. The molecule has 2 bridgehead atoms. The number of phenols is 1. The summed E-state index contributed by atoms with van der Waals surface area (Å²) in [7, 11) is 0. The normalized spacial score (nSPS) is 28.0. The molecule has 3 N–H and O–H groups in total. The molecule has 12 heteroatoms. The van der Waals surface area contributed by atoms with Gasteiger partial charge in [-0.1, -0.05) is 13.0 Å². The zero-order valence-electron chi connectivity index (χ0n) is 26.3. The molecule has 5 aliphatic rings. The van der Waals surface area contributed by atoms with Crippen LogP contribution in [0.1, 0.15) is 51.0 Å². The van der Waals surface area contributed by atoms with E-state index in [1.54, 1.807) is 12.1 Å². The minimum atomic E-state index is -0.711. The fraction of sp³-hybridized carbons (Fsp3) is 0.514. The lowest BCUT2D eigenvalue weighted by Gasteiger charge is -2.40. The Morgan fingerprint density at radius 3 is 2.85 bits per heavy atom. The number of aliphatic hydroxyl groups is 1. The minimum Gasteiger partial charge on any atom is -0.508 e. The molecule has 9 rings (SSSR count). The van der Waals surface area contributed by atoms with Gasteiger partial charge in [-0.3, -0.25) is 4.90 Å². The van der Waals surface area contributed by atoms with Gasteiger partial charge in [0.1, 0.15) is 47.2 Å². The van der Waals surface area contributed by atoms with Crippen molar-refractivity contribution in [3.05, 3.63) is 41.5 Å². The summed E-state index contributed by atoms with van der Waals surface area (Å²) in [5.74, 6) is -0.453. The number of anilines is 1. The molecule has 0 radical (unpaired) electrons. The molecule has 4 fully saturated rings. The van der Waals surface area contributed by atoms with Gasteiger partial charge in [0.2, 0.25) is 5.88 Å². The largest absolute Gasteiger partial charge is 0.508 e. The molecule has 246 valence electrons. The average molecular weight is 645 g/mol. The lowest BCUT2D eigenvalue weighted by molar-refractivity contribution is 0.0644. The maximum absolute atomic E-state index is 17.1. The number of piperazine rings is 1. The molecule has 4 saturated heterocycles. The number of halogens is 2. The molecule has 47 heavy (non-hydrogen) atoms. The number of rotatable bonds is 6. The number of hydrogen-bond donors (Lipinski definition) is 3. The summed E-state index contributed by atoms with van der Waals surface area (Å²) in [6.45, 7) is 4.21. The number of nitrogens with one attached hydrogen (secondary N) is 1. The van der Waals surface area contributed by atoms with Crippen molar-refractivity contribution in [2.45, 2.75) is 81.6 Å². The second-order valence-corrected chi connectivity index (χ2v) is 13.9. The number of ether oxygens (including phenoxy) is 2. The third-order valence-corrected chi connectivity index (χ3v) is 11.4. The van der Waals surface area contributed by atoms with Crippen LogP contribution in [0.5, 0.6) is 17.6 Å². The third-order valence-electron chi connectivity index (χ3n) is 11.4. The number of nitrogens with zero attached hydrogens (tertiary/aromatic N) is 5. The lowest BCUT2D eigenvalue weighted by atomic mass is 9.94. The highest BCUT2D eigenvalue weighted by atomic mass is 19.1. The monoisotopic (exact) mass is 644 g/mol. The molecule has 10 nitrogen and oxygen atoms in total. The van der Waals surface area contributed by atoms with E-state index in [0.29, 0.717) is 53.7 Å². The highest BCUT2D eigenvalue weighted by Gasteiger charge is 2.50. The predicted molar refractivity (Wildman–Crippen MR) is 172 cm³/mol. The Bertz CT molecular complexity index is 1930. The first-order valence-electron chi connectivity index (χ1n) is 16.9. The standard InChI is InChI=1S/C35H38F2N6O4/c1-2-22-24(36)6-4-18-12-21(45)13-23(27(18)22)30-29(37)31-28-32(42-14-19-5-7-25(38-19)26(42)16-46-33(28)39-30)41-34(40-31)47-17-35-9-3-11-43(35)20(15-44)8-10-35/h4,6,12-13,19-20,25-26,38,44-45H,2-3,5,7-11,14-17H2,1H3/t19-,20+,25+,26-,35+/m1/s1. The van der Waals surface area contributed by atoms with Gasteiger partial charge in [-0.25, -0.2) is 13.8 Å². The zero-order chi connectivity index (χ0) is 32.0. The minimum absolute atomic E-state index is 0.0166. The summed E-state index contributed by atoms with van der Waals surface area (Å²) in [5, 5.41) is 25.8. The SMILES string of the molecule is CCc1c(F)ccc2cc(O)cc(-c3nc4c5c(nc(OC[C@@]67CCCN6[C@H](CO)CC7)nc5c3F)N3C[C@H]5CC[C@H](N5)[C@H]3CO4)c12. The molecule has 0 unspecified atom stereocenters. The summed E-state index contributed by atoms with van der Waals surface area (Å²) in [5.41, 5.74) is 0.403. The third kappa shape index (κ3) is 4.40. The van der Waals surface area contributed by atoms with Crippen molar-refractivity contribution in [3.63, 3.8) is 0 Å². The van der Waals surface area contributed by atoms with Gasteiger partial charge in [-0.2, -0.15) is 9.97 Å². The van der Waals surface area contributed by atoms with E-state index < -0.39 is 11.6 Å². The molecular formula is C35H38F2N6O4. The van der Waals surface area contributed by atoms with Crippen LogP contribution in [-0.4, -0.2) is 92.7 Å². The van der Waals surface area contributed by atoms with Crippen LogP contribution in [0, 0.1) is 11.6 Å². The Morgan fingerprint density at radius 2 is 2.00 bits per heavy atom. The Morgan fingerprint density at radius 1 is 1.11 bits per heavy atom. The summed E-state index contributed by atoms with van der Waals surface area (Å²) < 4.78 is 45.1. The van der Waals surface area contributed by atoms with E-state index in [9.17, 15) is 10.2 Å². The van der Waals surface area contributed by atoms with Gasteiger partial charge in [-0.15, -0.1) is 0 Å². The van der Waals surface area contributed by atoms with Gasteiger partial charge in [0, 0.05) is 30.2 Å². The van der Waals surface area contributed by atoms with Crippen molar-refractivity contribution in [3.8, 4) is 28.9 Å². The van der Waals surface area contributed by atoms with E-state index in [1.165, 1.54) is 12.1 Å². The van der Waals surface area contributed by atoms with Crippen molar-refractivity contribution in [1.29, 1.82) is 0 Å². The van der Waals surface area contributed by atoms with Crippen LogP contribution in [0.3, 0.4) is 0 Å². The fourth-order valence-corrected chi connectivity index (χ4v) is 9.20. The Balaban J connectivity index is 1.23. The second kappa shape index (κ2) is 10.8. The van der Waals surface area contributed by atoms with Crippen LogP contribution in [0.25, 0.3) is 32.9 Å². The molecular weight excluding hydrogens is 606 g/mol. The molecule has 0 aliphatic carbocycles. The van der Waals surface area contributed by atoms with Crippen LogP contribution >= 0.6 is 0 Å². The van der Waals surface area contributed by atoms with E-state index in [1.807, 2.05) is 6.92 Å². The van der Waals surface area contributed by atoms with Gasteiger partial charge < -0.3 is 29.9 Å². The molecule has 2 aromatic heterocycles. The van der Waals surface area contributed by atoms with Crippen LogP contribution in [0.4, 0.5) is 14.6 Å². The molecule has 0 saturated carbocycles. The summed E-state index contributed by atoms with van der Waals surface area (Å²) in [6.07, 6.45) is 6.19. The van der Waals surface area contributed by atoms with Crippen molar-refractivity contribution in [2.75, 3.05) is 37.8 Å². The number of aryl methyl sites for hydroxylation is 1. The second-order valence-electron chi connectivity index (χ2n) is 13.9. The summed E-state index contributed by atoms with van der Waals surface area (Å²) >= 11 is 0. The topological polar surface area (TPSA) is 116 Å². The number of hydrogen-bond acceptors (Lipinski definition) is 10. The number of benzene rings is 2. The number of aromatic hydroxyl groups is 1. The highest BCUT2D eigenvalue weighted by molar-refractivity contribution is 6.03. The predicted octanol–water partition coefficient (Wildman–Crippen LogP) is 4.46. The van der Waals surface area contributed by atoms with E-state index in [0.717, 1.165) is 45.1 Å². The number of aromatic nitrogens is 3. The van der Waals surface area contributed by atoms with Crippen LogP contribution in [0.2, 0.25) is 0 Å². The Hall–Kier alpha value is -3.87. The number of phenolic OH excluding ortho intramolecular Hbond substituents is 1. The smallest absolute Gasteiger partial charge is 0.319 e. The van der Waals surface area contributed by atoms with Crippen LogP contribution in [0.15, 0.2) is 24.3 Å². The van der Waals surface area contributed by atoms with Crippen molar-refractivity contribution in [1.82, 2.24) is 25.2 Å². The summed E-state index contributed by atoms with van der Waals surface area (Å²) in [4.78, 5) is 19.0. The van der Waals surface area contributed by atoms with E-state index in [4.69, 9.17) is 24.4 Å². The van der Waals surface area contributed by atoms with E-state index >= 15 is 8.78 Å². The molecule has 5 aliphatic heterocycles. The van der Waals surface area contributed by atoms with Crippen molar-refractivity contribution in [2.24, 2.45) is 0 Å². The Kier molecular flexibility index (Phi) is 6.75. The van der Waals surface area contributed by atoms with Gasteiger partial charge >= 0.3 is 6.01 Å². The highest BCUT2D eigenvalue weighted by Crippen LogP contribution is 2.46. The zero-order valence-corrected chi connectivity index (χ0v) is 26.3. The molecule has 0 amide bonds. The first-order valence-corrected chi connectivity index (χ1v) is 16.9. The fourth-order valence-electron chi connectivity index (χ4n) is 9.20. The number of fused-ring (bicyclic) bond motifs is 7. The van der Waals surface area contributed by atoms with Crippen LogP contribution in [-0.2, 0) is 6.42 Å². The maximum atomic E-state index is 17.1. The van der Waals surface area contributed by atoms with Gasteiger partial charge in [0.15, 0.2) is 5.82 Å². The average Bonchev–Trinajstić information content (AvgIpc) is 3.74. The lowest BCUT2D eigenvalue weighted by Crippen LogP contribution is -2.60. The first-order chi connectivity index (χ1) is 22.9. The van der Waals surface area contributed by atoms with E-state index in [2.05, 4.69) is 15.1 Å². The van der Waals surface area contributed by atoms with Gasteiger partial charge in [0.25, 0.3) is 0 Å². The molecule has 2 aromatic carbocycles. The first kappa shape index (κ1) is 29.3. The van der Waals surface area contributed by atoms with Gasteiger partial charge in [0.05, 0.1) is 18.2 Å². The van der Waals surface area contributed by atoms with Crippen molar-refractivity contribution < 1.29 is 28.5 Å². The Labute approximate surface area is 270 Å². The molecule has 4 aromatic rings. The maximum Gasteiger partial charge on any atom is 0.319 e. The van der Waals surface area contributed by atoms with Crippen LogP contribution < -0.4 is 19.7 Å². The quantitative estimate of drug-likeness (QED) is 0.278. The number of aliphatic hydroxyl groups excluding tert-OH is 1. The summed E-state index contributed by atoms with van der Waals surface area (Å²) in [6, 6.07) is 6.54. The molecule has 5 atom stereocenters. The van der Waals surface area contributed by atoms with Crippen molar-refractivity contribution >= 4 is 27.5 Å². The van der Waals surface area contributed by atoms with E-state index in [-0.39, 0.29) is 70.7 Å².